The lowest BCUT2D eigenvalue weighted by Crippen LogP contribution is -2.27. The summed E-state index contributed by atoms with van der Waals surface area (Å²) in [6, 6.07) is 14.4. The van der Waals surface area contributed by atoms with Gasteiger partial charge in [0.15, 0.2) is 12.4 Å². The van der Waals surface area contributed by atoms with Crippen LogP contribution in [0.15, 0.2) is 58.0 Å². The molecule has 7 nitrogen and oxygen atoms in total. The first kappa shape index (κ1) is 22.6. The van der Waals surface area contributed by atoms with Gasteiger partial charge >= 0.3 is 0 Å². The maximum atomic E-state index is 12.9. The van der Waals surface area contributed by atoms with E-state index in [4.69, 9.17) is 20.8 Å². The van der Waals surface area contributed by atoms with Crippen LogP contribution >= 0.6 is 11.6 Å². The molecule has 1 aliphatic carbocycles. The minimum Gasteiger partial charge on any atom is -0.484 e. The van der Waals surface area contributed by atoms with Crippen LogP contribution in [0.5, 0.6) is 5.75 Å². The van der Waals surface area contributed by atoms with Crippen LogP contribution in [0.3, 0.4) is 0 Å². The van der Waals surface area contributed by atoms with E-state index in [2.05, 4.69) is 15.8 Å². The van der Waals surface area contributed by atoms with Crippen molar-refractivity contribution in [3.63, 3.8) is 0 Å². The van der Waals surface area contributed by atoms with E-state index in [0.717, 1.165) is 17.5 Å². The van der Waals surface area contributed by atoms with Crippen molar-refractivity contribution in [3.8, 4) is 5.75 Å². The number of hydrazone groups is 1. The summed E-state index contributed by atoms with van der Waals surface area (Å²) in [5.74, 6) is 0.811. The number of benzene rings is 2. The van der Waals surface area contributed by atoms with E-state index in [1.807, 2.05) is 38.1 Å². The Morgan fingerprint density at radius 2 is 1.91 bits per heavy atom. The number of hydrogen-bond acceptors (Lipinski definition) is 5. The highest BCUT2D eigenvalue weighted by molar-refractivity contribution is 6.31. The van der Waals surface area contributed by atoms with Crippen LogP contribution in [0, 0.1) is 13.8 Å². The lowest BCUT2D eigenvalue weighted by molar-refractivity contribution is -0.123. The molecule has 0 spiro atoms. The summed E-state index contributed by atoms with van der Waals surface area (Å²) in [5.41, 5.74) is 6.22. The first-order valence-corrected chi connectivity index (χ1v) is 11.0. The van der Waals surface area contributed by atoms with Crippen molar-refractivity contribution in [1.82, 2.24) is 5.43 Å². The standard InChI is InChI=1S/C25H24ClN3O4/c1-15-11-12-17(26)13-20(15)27-25(31)24-16(2)23-19(9-6-10-21(23)33-24)28-29-22(30)14-32-18-7-4-3-5-8-18/h3-5,7-8,11-13H,6,9-10,14H2,1-2H3,(H,27,31)(H,29,30)/b28-19+. The van der Waals surface area contributed by atoms with E-state index in [1.165, 1.54) is 0 Å². The molecule has 1 aliphatic rings. The minimum absolute atomic E-state index is 0.148. The van der Waals surface area contributed by atoms with Gasteiger partial charge in [-0.2, -0.15) is 5.10 Å². The third kappa shape index (κ3) is 5.26. The molecule has 0 bridgehead atoms. The lowest BCUT2D eigenvalue weighted by atomic mass is 9.93. The van der Waals surface area contributed by atoms with Gasteiger partial charge in [-0.1, -0.05) is 35.9 Å². The topological polar surface area (TPSA) is 92.9 Å². The van der Waals surface area contributed by atoms with Gasteiger partial charge in [-0.25, -0.2) is 5.43 Å². The van der Waals surface area contributed by atoms with Gasteiger partial charge in [0.2, 0.25) is 0 Å². The number of hydrogen-bond donors (Lipinski definition) is 2. The molecule has 170 valence electrons. The van der Waals surface area contributed by atoms with Gasteiger partial charge in [0.05, 0.1) is 5.71 Å². The summed E-state index contributed by atoms with van der Waals surface area (Å²) in [6.45, 7) is 3.56. The summed E-state index contributed by atoms with van der Waals surface area (Å²) in [7, 11) is 0. The van der Waals surface area contributed by atoms with Gasteiger partial charge in [-0.05, 0) is 56.5 Å². The maximum absolute atomic E-state index is 12.9. The molecule has 3 aromatic rings. The maximum Gasteiger partial charge on any atom is 0.291 e. The van der Waals surface area contributed by atoms with Crippen LogP contribution in [-0.4, -0.2) is 24.1 Å². The van der Waals surface area contributed by atoms with Crippen LogP contribution in [0.4, 0.5) is 5.69 Å². The Balaban J connectivity index is 1.48. The molecule has 33 heavy (non-hydrogen) atoms. The largest absolute Gasteiger partial charge is 0.484 e. The predicted molar refractivity (Wildman–Crippen MR) is 127 cm³/mol. The number of aryl methyl sites for hydroxylation is 2. The van der Waals surface area contributed by atoms with Gasteiger partial charge < -0.3 is 14.5 Å². The summed E-state index contributed by atoms with van der Waals surface area (Å²) >= 11 is 6.06. The highest BCUT2D eigenvalue weighted by Crippen LogP contribution is 2.31. The molecule has 1 aromatic heterocycles. The molecule has 0 saturated carbocycles. The highest BCUT2D eigenvalue weighted by atomic mass is 35.5. The van der Waals surface area contributed by atoms with Crippen molar-refractivity contribution in [1.29, 1.82) is 0 Å². The quantitative estimate of drug-likeness (QED) is 0.499. The van der Waals surface area contributed by atoms with Gasteiger partial charge in [0.25, 0.3) is 11.8 Å². The molecule has 0 saturated heterocycles. The molecular weight excluding hydrogens is 442 g/mol. The van der Waals surface area contributed by atoms with E-state index in [9.17, 15) is 9.59 Å². The van der Waals surface area contributed by atoms with Crippen LogP contribution in [0.1, 0.15) is 45.8 Å². The Morgan fingerprint density at radius 1 is 1.12 bits per heavy atom. The monoisotopic (exact) mass is 465 g/mol. The molecule has 2 N–H and O–H groups in total. The zero-order chi connectivity index (χ0) is 23.4. The summed E-state index contributed by atoms with van der Waals surface area (Å²) < 4.78 is 11.4. The fraction of sp³-hybridized carbons (Fsp3) is 0.240. The lowest BCUT2D eigenvalue weighted by Gasteiger charge is -2.13. The van der Waals surface area contributed by atoms with E-state index < -0.39 is 0 Å². The number of fused-ring (bicyclic) bond motifs is 1. The number of amides is 2. The molecule has 0 atom stereocenters. The van der Waals surface area contributed by atoms with Crippen molar-refractivity contribution in [2.24, 2.45) is 5.10 Å². The van der Waals surface area contributed by atoms with Gasteiger partial charge in [0, 0.05) is 28.3 Å². The third-order valence-corrected chi connectivity index (χ3v) is 5.64. The normalized spacial score (nSPS) is 14.0. The summed E-state index contributed by atoms with van der Waals surface area (Å²) in [5, 5.41) is 7.71. The van der Waals surface area contributed by atoms with E-state index in [0.29, 0.717) is 46.3 Å². The van der Waals surface area contributed by atoms with Gasteiger partial charge in [0.1, 0.15) is 11.5 Å². The number of nitrogens with zero attached hydrogens (tertiary/aromatic N) is 1. The van der Waals surface area contributed by atoms with E-state index >= 15 is 0 Å². The number of furan rings is 1. The van der Waals surface area contributed by atoms with Crippen molar-refractivity contribution < 1.29 is 18.7 Å². The molecule has 0 aliphatic heterocycles. The van der Waals surface area contributed by atoms with Crippen molar-refractivity contribution in [2.45, 2.75) is 33.1 Å². The van der Waals surface area contributed by atoms with Gasteiger partial charge in [-0.3, -0.25) is 9.59 Å². The molecule has 8 heteroatoms. The Labute approximate surface area is 196 Å². The second kappa shape index (κ2) is 9.92. The molecule has 0 unspecified atom stereocenters. The number of nitrogens with one attached hydrogen (secondary N) is 2. The minimum atomic E-state index is -0.367. The third-order valence-electron chi connectivity index (χ3n) is 5.41. The number of halogens is 1. The molecule has 0 fully saturated rings. The first-order valence-electron chi connectivity index (χ1n) is 10.7. The zero-order valence-corrected chi connectivity index (χ0v) is 19.2. The van der Waals surface area contributed by atoms with Crippen LogP contribution in [-0.2, 0) is 11.2 Å². The second-order valence-corrected chi connectivity index (χ2v) is 8.25. The average molecular weight is 466 g/mol. The highest BCUT2D eigenvalue weighted by Gasteiger charge is 2.28. The Morgan fingerprint density at radius 3 is 2.70 bits per heavy atom. The predicted octanol–water partition coefficient (Wildman–Crippen LogP) is 5.04. The number of carbonyl (C=O) groups is 2. The fourth-order valence-corrected chi connectivity index (χ4v) is 3.90. The van der Waals surface area contributed by atoms with E-state index in [-0.39, 0.29) is 24.2 Å². The zero-order valence-electron chi connectivity index (χ0n) is 18.4. The van der Waals surface area contributed by atoms with Crippen LogP contribution < -0.4 is 15.5 Å². The summed E-state index contributed by atoms with van der Waals surface area (Å²) in [4.78, 5) is 25.1. The number of ether oxygens (including phenoxy) is 1. The molecule has 0 radical (unpaired) electrons. The molecule has 4 rings (SSSR count). The SMILES string of the molecule is Cc1ccc(Cl)cc1NC(=O)c1oc2c(c1C)/C(=N/NC(=O)COc1ccccc1)CCC2. The van der Waals surface area contributed by atoms with Crippen molar-refractivity contribution >= 4 is 34.8 Å². The smallest absolute Gasteiger partial charge is 0.291 e. The van der Waals surface area contributed by atoms with Crippen LogP contribution in [0.25, 0.3) is 0 Å². The summed E-state index contributed by atoms with van der Waals surface area (Å²) in [6.07, 6.45) is 2.18. The Hall–Kier alpha value is -3.58. The molecule has 2 amide bonds. The molecule has 1 heterocycles. The Bertz CT molecular complexity index is 1220. The second-order valence-electron chi connectivity index (χ2n) is 7.82. The number of anilines is 1. The van der Waals surface area contributed by atoms with Crippen molar-refractivity contribution in [3.05, 3.63) is 81.8 Å². The molecular formula is C25H24ClN3O4. The molecule has 2 aromatic carbocycles. The first-order chi connectivity index (χ1) is 15.9. The Kier molecular flexibility index (Phi) is 6.79. The van der Waals surface area contributed by atoms with Gasteiger partial charge in [-0.15, -0.1) is 0 Å². The number of rotatable bonds is 6. The average Bonchev–Trinajstić information content (AvgIpc) is 3.16. The van der Waals surface area contributed by atoms with Crippen LogP contribution in [0.2, 0.25) is 5.02 Å². The number of carbonyl (C=O) groups excluding carboxylic acids is 2. The van der Waals surface area contributed by atoms with E-state index in [1.54, 1.807) is 24.3 Å². The number of para-hydroxylation sites is 1. The fourth-order valence-electron chi connectivity index (χ4n) is 3.73. The van der Waals surface area contributed by atoms with Crippen molar-refractivity contribution in [2.75, 3.05) is 11.9 Å².